The summed E-state index contributed by atoms with van der Waals surface area (Å²) in [6, 6.07) is 0. The van der Waals surface area contributed by atoms with Crippen LogP contribution in [0.2, 0.25) is 0 Å². The Morgan fingerprint density at radius 3 is 2.38 bits per heavy atom. The van der Waals surface area contributed by atoms with E-state index < -0.39 is 5.97 Å². The topological polar surface area (TPSA) is 72.3 Å². The van der Waals surface area contributed by atoms with Gasteiger partial charge in [0.15, 0.2) is 5.75 Å². The first kappa shape index (κ1) is 12.4. The molecule has 0 aromatic carbocycles. The molecule has 1 heterocycles. The number of carboxylic acids is 1. The van der Waals surface area contributed by atoms with Gasteiger partial charge in [-0.2, -0.15) is 0 Å². The van der Waals surface area contributed by atoms with Crippen molar-refractivity contribution in [2.24, 2.45) is 0 Å². The molecule has 0 fully saturated rings. The average Bonchev–Trinajstić information content (AvgIpc) is 2.14. The first-order chi connectivity index (χ1) is 7.37. The van der Waals surface area contributed by atoms with E-state index in [-0.39, 0.29) is 12.0 Å². The zero-order valence-corrected chi connectivity index (χ0v) is 9.73. The van der Waals surface area contributed by atoms with E-state index in [9.17, 15) is 4.79 Å². The van der Waals surface area contributed by atoms with Crippen molar-refractivity contribution in [2.45, 2.75) is 39.2 Å². The SMILES string of the molecule is CC(C)(C)Oc1cnc(CCC(=O)O)nc1. The molecule has 0 saturated heterocycles. The number of carbonyl (C=O) groups is 1. The van der Waals surface area contributed by atoms with Gasteiger partial charge in [-0.05, 0) is 20.8 Å². The zero-order valence-electron chi connectivity index (χ0n) is 9.73. The molecule has 5 nitrogen and oxygen atoms in total. The molecule has 0 radical (unpaired) electrons. The van der Waals surface area contributed by atoms with Crippen LogP contribution in [0.15, 0.2) is 12.4 Å². The average molecular weight is 224 g/mol. The second-order valence-corrected chi connectivity index (χ2v) is 4.44. The molecule has 5 heteroatoms. The molecular formula is C11H16N2O3. The lowest BCUT2D eigenvalue weighted by Gasteiger charge is -2.20. The summed E-state index contributed by atoms with van der Waals surface area (Å²) in [6.45, 7) is 5.81. The number of aromatic nitrogens is 2. The minimum absolute atomic E-state index is 0.0411. The van der Waals surface area contributed by atoms with Gasteiger partial charge in [-0.15, -0.1) is 0 Å². The number of hydrogen-bond acceptors (Lipinski definition) is 4. The van der Waals surface area contributed by atoms with E-state index in [1.165, 1.54) is 0 Å². The van der Waals surface area contributed by atoms with Gasteiger partial charge in [0.2, 0.25) is 0 Å². The van der Waals surface area contributed by atoms with Crippen molar-refractivity contribution in [3.63, 3.8) is 0 Å². The highest BCUT2D eigenvalue weighted by Crippen LogP contribution is 2.15. The summed E-state index contributed by atoms with van der Waals surface area (Å²) in [5.74, 6) is 0.258. The highest BCUT2D eigenvalue weighted by atomic mass is 16.5. The van der Waals surface area contributed by atoms with E-state index in [1.807, 2.05) is 20.8 Å². The zero-order chi connectivity index (χ0) is 12.2. The van der Waals surface area contributed by atoms with Crippen LogP contribution in [0.1, 0.15) is 33.0 Å². The maximum Gasteiger partial charge on any atom is 0.303 e. The molecule has 0 bridgehead atoms. The summed E-state index contributed by atoms with van der Waals surface area (Å²) in [5, 5.41) is 8.50. The first-order valence-electron chi connectivity index (χ1n) is 5.08. The van der Waals surface area contributed by atoms with Crippen LogP contribution in [-0.4, -0.2) is 26.6 Å². The maximum absolute atomic E-state index is 10.3. The van der Waals surface area contributed by atoms with Gasteiger partial charge < -0.3 is 9.84 Å². The van der Waals surface area contributed by atoms with Gasteiger partial charge in [0.1, 0.15) is 11.4 Å². The Labute approximate surface area is 94.5 Å². The molecule has 1 N–H and O–H groups in total. The van der Waals surface area contributed by atoms with Gasteiger partial charge in [-0.1, -0.05) is 0 Å². The Morgan fingerprint density at radius 2 is 1.94 bits per heavy atom. The van der Waals surface area contributed by atoms with Crippen molar-refractivity contribution < 1.29 is 14.6 Å². The Hall–Kier alpha value is -1.65. The summed E-state index contributed by atoms with van der Waals surface area (Å²) >= 11 is 0. The molecule has 0 saturated carbocycles. The third kappa shape index (κ3) is 4.72. The smallest absolute Gasteiger partial charge is 0.303 e. The van der Waals surface area contributed by atoms with Crippen LogP contribution in [0.3, 0.4) is 0 Å². The highest BCUT2D eigenvalue weighted by molar-refractivity contribution is 5.66. The Balaban J connectivity index is 2.57. The third-order valence-electron chi connectivity index (χ3n) is 1.67. The summed E-state index contributed by atoms with van der Waals surface area (Å²) < 4.78 is 5.54. The third-order valence-corrected chi connectivity index (χ3v) is 1.67. The molecule has 0 aliphatic heterocycles. The van der Waals surface area contributed by atoms with Crippen LogP contribution < -0.4 is 4.74 Å². The number of aryl methyl sites for hydroxylation is 1. The fourth-order valence-corrected chi connectivity index (χ4v) is 1.10. The summed E-state index contributed by atoms with van der Waals surface area (Å²) in [5.41, 5.74) is -0.286. The van der Waals surface area contributed by atoms with Crippen molar-refractivity contribution in [3.8, 4) is 5.75 Å². The lowest BCUT2D eigenvalue weighted by atomic mass is 10.2. The lowest BCUT2D eigenvalue weighted by molar-refractivity contribution is -0.137. The van der Waals surface area contributed by atoms with E-state index in [1.54, 1.807) is 12.4 Å². The van der Waals surface area contributed by atoms with Crippen molar-refractivity contribution in [3.05, 3.63) is 18.2 Å². The second kappa shape index (κ2) is 4.92. The molecule has 0 unspecified atom stereocenters. The van der Waals surface area contributed by atoms with Crippen molar-refractivity contribution in [1.82, 2.24) is 9.97 Å². The number of rotatable bonds is 4. The van der Waals surface area contributed by atoms with Crippen LogP contribution in [0.25, 0.3) is 0 Å². The van der Waals surface area contributed by atoms with E-state index >= 15 is 0 Å². The molecule has 16 heavy (non-hydrogen) atoms. The van der Waals surface area contributed by atoms with Gasteiger partial charge >= 0.3 is 5.97 Å². The summed E-state index contributed by atoms with van der Waals surface area (Å²) in [4.78, 5) is 18.4. The van der Waals surface area contributed by atoms with Gasteiger partial charge in [0, 0.05) is 6.42 Å². The fraction of sp³-hybridized carbons (Fsp3) is 0.545. The van der Waals surface area contributed by atoms with Gasteiger partial charge in [-0.3, -0.25) is 4.79 Å². The largest absolute Gasteiger partial charge is 0.485 e. The van der Waals surface area contributed by atoms with Crippen LogP contribution in [0, 0.1) is 0 Å². The Kier molecular flexibility index (Phi) is 3.82. The Morgan fingerprint density at radius 1 is 1.38 bits per heavy atom. The molecule has 88 valence electrons. The molecule has 0 amide bonds. The normalized spacial score (nSPS) is 11.2. The first-order valence-corrected chi connectivity index (χ1v) is 5.08. The molecule has 1 aromatic rings. The van der Waals surface area contributed by atoms with E-state index in [0.717, 1.165) is 0 Å². The fourth-order valence-electron chi connectivity index (χ4n) is 1.10. The number of hydrogen-bond donors (Lipinski definition) is 1. The predicted molar refractivity (Wildman–Crippen MR) is 58.4 cm³/mol. The Bertz CT molecular complexity index is 354. The summed E-state index contributed by atoms with van der Waals surface area (Å²) in [7, 11) is 0. The standard InChI is InChI=1S/C11H16N2O3/c1-11(2,3)16-8-6-12-9(13-7-8)4-5-10(14)15/h6-7H,4-5H2,1-3H3,(H,14,15). The van der Waals surface area contributed by atoms with Crippen LogP contribution in [-0.2, 0) is 11.2 Å². The maximum atomic E-state index is 10.3. The molecule has 0 aliphatic carbocycles. The molecular weight excluding hydrogens is 208 g/mol. The van der Waals surface area contributed by atoms with Crippen LogP contribution in [0.5, 0.6) is 5.75 Å². The van der Waals surface area contributed by atoms with Gasteiger partial charge in [0.25, 0.3) is 0 Å². The number of carboxylic acid groups (broad SMARTS) is 1. The van der Waals surface area contributed by atoms with E-state index in [2.05, 4.69) is 9.97 Å². The van der Waals surface area contributed by atoms with Crippen molar-refractivity contribution >= 4 is 5.97 Å². The predicted octanol–water partition coefficient (Wildman–Crippen LogP) is 1.67. The van der Waals surface area contributed by atoms with E-state index in [0.29, 0.717) is 18.0 Å². The monoisotopic (exact) mass is 224 g/mol. The second-order valence-electron chi connectivity index (χ2n) is 4.44. The lowest BCUT2D eigenvalue weighted by Crippen LogP contribution is -2.23. The molecule has 1 aromatic heterocycles. The molecule has 0 atom stereocenters. The quantitative estimate of drug-likeness (QED) is 0.842. The van der Waals surface area contributed by atoms with Crippen molar-refractivity contribution in [1.29, 1.82) is 0 Å². The highest BCUT2D eigenvalue weighted by Gasteiger charge is 2.12. The van der Waals surface area contributed by atoms with Crippen molar-refractivity contribution in [2.75, 3.05) is 0 Å². The molecule has 0 aliphatic rings. The van der Waals surface area contributed by atoms with E-state index in [4.69, 9.17) is 9.84 Å². The molecule has 0 spiro atoms. The van der Waals surface area contributed by atoms with Gasteiger partial charge in [0.05, 0.1) is 18.8 Å². The van der Waals surface area contributed by atoms with Crippen LogP contribution in [0.4, 0.5) is 0 Å². The minimum Gasteiger partial charge on any atom is -0.485 e. The van der Waals surface area contributed by atoms with Crippen LogP contribution >= 0.6 is 0 Å². The minimum atomic E-state index is -0.849. The number of nitrogens with zero attached hydrogens (tertiary/aromatic N) is 2. The number of aliphatic carboxylic acids is 1. The number of ether oxygens (including phenoxy) is 1. The molecule has 1 rings (SSSR count). The summed E-state index contributed by atoms with van der Waals surface area (Å²) in [6.07, 6.45) is 3.51. The van der Waals surface area contributed by atoms with Gasteiger partial charge in [-0.25, -0.2) is 9.97 Å².